The number of anilines is 2. The quantitative estimate of drug-likeness (QED) is 0.825. The lowest BCUT2D eigenvalue weighted by Gasteiger charge is -2.19. The van der Waals surface area contributed by atoms with E-state index in [1.54, 1.807) is 31.2 Å². The summed E-state index contributed by atoms with van der Waals surface area (Å²) < 4.78 is 17.8. The van der Waals surface area contributed by atoms with E-state index in [-0.39, 0.29) is 17.3 Å². The Morgan fingerprint density at radius 1 is 1.50 bits per heavy atom. The number of amides is 1. The van der Waals surface area contributed by atoms with Crippen molar-refractivity contribution < 1.29 is 13.7 Å². The van der Waals surface area contributed by atoms with Gasteiger partial charge in [-0.2, -0.15) is 0 Å². The maximum absolute atomic E-state index is 12.4. The third kappa shape index (κ3) is 3.19. The zero-order valence-corrected chi connectivity index (χ0v) is 12.5. The van der Waals surface area contributed by atoms with E-state index in [4.69, 9.17) is 10.5 Å². The summed E-state index contributed by atoms with van der Waals surface area (Å²) in [6, 6.07) is 7.03. The molecule has 0 aliphatic carbocycles. The fourth-order valence-electron chi connectivity index (χ4n) is 2.23. The van der Waals surface area contributed by atoms with Crippen LogP contribution in [0.5, 0.6) is 0 Å². The first-order valence-corrected chi connectivity index (χ1v) is 7.94. The maximum atomic E-state index is 12.4. The molecule has 2 rings (SSSR count). The number of rotatable bonds is 4. The molecular weight excluding hydrogens is 276 g/mol. The molecule has 5 nitrogen and oxygen atoms in total. The monoisotopic (exact) mass is 296 g/mol. The number of carbonyl (C=O) groups is 1. The highest BCUT2D eigenvalue weighted by atomic mass is 32.2. The van der Waals surface area contributed by atoms with E-state index in [0.717, 1.165) is 6.42 Å². The number of benzene rings is 1. The van der Waals surface area contributed by atoms with Crippen molar-refractivity contribution >= 4 is 28.1 Å². The van der Waals surface area contributed by atoms with Gasteiger partial charge in [-0.25, -0.2) is 0 Å². The highest BCUT2D eigenvalue weighted by Gasteiger charge is 2.34. The minimum Gasteiger partial charge on any atom is -0.397 e. The molecule has 1 aliphatic rings. The second kappa shape index (κ2) is 6.37. The molecule has 4 atom stereocenters. The number of hydrogen-bond acceptors (Lipinski definition) is 4. The summed E-state index contributed by atoms with van der Waals surface area (Å²) in [5.41, 5.74) is 6.83. The van der Waals surface area contributed by atoms with Crippen LogP contribution in [0, 0.1) is 0 Å². The summed E-state index contributed by atoms with van der Waals surface area (Å²) in [7, 11) is -1.26. The first-order valence-electron chi connectivity index (χ1n) is 6.67. The summed E-state index contributed by atoms with van der Waals surface area (Å²) in [4.78, 5) is 12.2. The fraction of sp³-hybridized carbons (Fsp3) is 0.500. The van der Waals surface area contributed by atoms with Crippen molar-refractivity contribution in [3.05, 3.63) is 24.3 Å². The molecule has 1 aromatic rings. The predicted octanol–water partition coefficient (Wildman–Crippen LogP) is 1.52. The molecule has 3 N–H and O–H groups in total. The number of carbonyl (C=O) groups excluding carboxylic acids is 1. The SMILES string of the molecule is CC1OCCC1S(=O)C(C)C(=O)Nc1ccccc1N. The Kier molecular flexibility index (Phi) is 4.77. The molecule has 0 spiro atoms. The number of ether oxygens (including phenoxy) is 1. The lowest BCUT2D eigenvalue weighted by atomic mass is 10.2. The third-order valence-corrected chi connectivity index (χ3v) is 5.67. The van der Waals surface area contributed by atoms with Crippen LogP contribution in [0.15, 0.2) is 24.3 Å². The van der Waals surface area contributed by atoms with Gasteiger partial charge in [0.05, 0.1) is 22.7 Å². The van der Waals surface area contributed by atoms with Crippen LogP contribution in [-0.4, -0.2) is 33.3 Å². The van der Waals surface area contributed by atoms with E-state index in [9.17, 15) is 9.00 Å². The Bertz CT molecular complexity index is 521. The van der Waals surface area contributed by atoms with E-state index in [1.807, 2.05) is 6.92 Å². The molecule has 6 heteroatoms. The summed E-state index contributed by atoms with van der Waals surface area (Å²) >= 11 is 0. The molecule has 4 unspecified atom stereocenters. The topological polar surface area (TPSA) is 81.4 Å². The molecule has 1 amide bonds. The first kappa shape index (κ1) is 15.0. The zero-order valence-electron chi connectivity index (χ0n) is 11.7. The Hall–Kier alpha value is -1.40. The summed E-state index contributed by atoms with van der Waals surface area (Å²) in [6.45, 7) is 4.18. The van der Waals surface area contributed by atoms with Crippen LogP contribution in [-0.2, 0) is 20.3 Å². The molecule has 1 heterocycles. The standard InChI is InChI=1S/C14H20N2O3S/c1-9-13(7-8-19-9)20(18)10(2)14(17)16-12-6-4-3-5-11(12)15/h3-6,9-10,13H,7-8,15H2,1-2H3,(H,16,17). The molecule has 0 saturated carbocycles. The van der Waals surface area contributed by atoms with Crippen LogP contribution in [0.25, 0.3) is 0 Å². The van der Waals surface area contributed by atoms with Gasteiger partial charge < -0.3 is 15.8 Å². The molecule has 1 aromatic carbocycles. The van der Waals surface area contributed by atoms with Gasteiger partial charge in [-0.1, -0.05) is 12.1 Å². The summed E-state index contributed by atoms with van der Waals surface area (Å²) in [5, 5.41) is 2.06. The molecule has 1 fully saturated rings. The first-order chi connectivity index (χ1) is 9.50. The second-order valence-electron chi connectivity index (χ2n) is 4.95. The van der Waals surface area contributed by atoms with Gasteiger partial charge >= 0.3 is 0 Å². The summed E-state index contributed by atoms with van der Waals surface area (Å²) in [5.74, 6) is -0.277. The van der Waals surface area contributed by atoms with Crippen LogP contribution in [0.3, 0.4) is 0 Å². The van der Waals surface area contributed by atoms with Gasteiger partial charge in [0.25, 0.3) is 0 Å². The van der Waals surface area contributed by atoms with Crippen molar-refractivity contribution in [1.82, 2.24) is 0 Å². The van der Waals surface area contributed by atoms with Gasteiger partial charge in [-0.15, -0.1) is 0 Å². The number of nitrogens with two attached hydrogens (primary N) is 1. The number of para-hydroxylation sites is 2. The number of nitrogens with one attached hydrogen (secondary N) is 1. The van der Waals surface area contributed by atoms with E-state index in [2.05, 4.69) is 5.32 Å². The molecule has 0 bridgehead atoms. The number of nitrogen functional groups attached to an aromatic ring is 1. The maximum Gasteiger partial charge on any atom is 0.239 e. The molecule has 0 aromatic heterocycles. The Labute approximate surface area is 121 Å². The molecule has 0 radical (unpaired) electrons. The van der Waals surface area contributed by atoms with Crippen molar-refractivity contribution in [3.8, 4) is 0 Å². The van der Waals surface area contributed by atoms with Crippen LogP contribution < -0.4 is 11.1 Å². The van der Waals surface area contributed by atoms with Crippen LogP contribution in [0.1, 0.15) is 20.3 Å². The Morgan fingerprint density at radius 3 is 2.80 bits per heavy atom. The highest BCUT2D eigenvalue weighted by Crippen LogP contribution is 2.23. The normalized spacial score (nSPS) is 25.1. The van der Waals surface area contributed by atoms with Gasteiger partial charge in [0, 0.05) is 17.4 Å². The largest absolute Gasteiger partial charge is 0.397 e. The van der Waals surface area contributed by atoms with Crippen LogP contribution in [0.4, 0.5) is 11.4 Å². The fourth-order valence-corrected chi connectivity index (χ4v) is 3.81. The predicted molar refractivity (Wildman–Crippen MR) is 80.9 cm³/mol. The van der Waals surface area contributed by atoms with Gasteiger partial charge in [-0.05, 0) is 32.4 Å². The van der Waals surface area contributed by atoms with Crippen LogP contribution in [0.2, 0.25) is 0 Å². The average Bonchev–Trinajstić information content (AvgIpc) is 2.86. The Morgan fingerprint density at radius 2 is 2.20 bits per heavy atom. The lowest BCUT2D eigenvalue weighted by Crippen LogP contribution is -2.37. The molecule has 110 valence electrons. The molecule has 1 saturated heterocycles. The van der Waals surface area contributed by atoms with E-state index in [1.165, 1.54) is 0 Å². The minimum absolute atomic E-state index is 0.0621. The number of hydrogen-bond donors (Lipinski definition) is 2. The van der Waals surface area contributed by atoms with Gasteiger partial charge in [0.1, 0.15) is 5.25 Å². The van der Waals surface area contributed by atoms with Crippen LogP contribution >= 0.6 is 0 Å². The Balaban J connectivity index is 2.02. The van der Waals surface area contributed by atoms with E-state index < -0.39 is 16.0 Å². The lowest BCUT2D eigenvalue weighted by molar-refractivity contribution is -0.115. The van der Waals surface area contributed by atoms with Crippen molar-refractivity contribution in [2.24, 2.45) is 0 Å². The van der Waals surface area contributed by atoms with Gasteiger partial charge in [-0.3, -0.25) is 9.00 Å². The minimum atomic E-state index is -1.26. The van der Waals surface area contributed by atoms with Crippen molar-refractivity contribution in [1.29, 1.82) is 0 Å². The van der Waals surface area contributed by atoms with Crippen molar-refractivity contribution in [2.45, 2.75) is 36.9 Å². The van der Waals surface area contributed by atoms with Crippen molar-refractivity contribution in [2.75, 3.05) is 17.7 Å². The van der Waals surface area contributed by atoms with Gasteiger partial charge in [0.2, 0.25) is 5.91 Å². The third-order valence-electron chi connectivity index (χ3n) is 3.54. The van der Waals surface area contributed by atoms with Gasteiger partial charge in [0.15, 0.2) is 0 Å². The van der Waals surface area contributed by atoms with E-state index in [0.29, 0.717) is 18.0 Å². The highest BCUT2D eigenvalue weighted by molar-refractivity contribution is 7.87. The smallest absolute Gasteiger partial charge is 0.239 e. The molecular formula is C14H20N2O3S. The van der Waals surface area contributed by atoms with Crippen molar-refractivity contribution in [3.63, 3.8) is 0 Å². The average molecular weight is 296 g/mol. The van der Waals surface area contributed by atoms with E-state index >= 15 is 0 Å². The molecule has 1 aliphatic heterocycles. The zero-order chi connectivity index (χ0) is 14.7. The second-order valence-corrected chi connectivity index (χ2v) is 6.92. The summed E-state index contributed by atoms with van der Waals surface area (Å²) in [6.07, 6.45) is 0.673. The molecule has 20 heavy (non-hydrogen) atoms.